The summed E-state index contributed by atoms with van der Waals surface area (Å²) in [6, 6.07) is 15.1. The van der Waals surface area contributed by atoms with Crippen molar-refractivity contribution in [2.45, 2.75) is 23.5 Å². The van der Waals surface area contributed by atoms with Gasteiger partial charge < -0.3 is 5.32 Å². The number of benzene rings is 2. The van der Waals surface area contributed by atoms with Gasteiger partial charge in [-0.2, -0.15) is 8.42 Å². The molecule has 7 nitrogen and oxygen atoms in total. The number of aryl methyl sites for hydroxylation is 1. The van der Waals surface area contributed by atoms with Gasteiger partial charge in [0.05, 0.1) is 4.90 Å². The molecule has 0 bridgehead atoms. The van der Waals surface area contributed by atoms with Gasteiger partial charge in [0.25, 0.3) is 10.0 Å². The van der Waals surface area contributed by atoms with Crippen LogP contribution in [-0.2, 0) is 19.6 Å². The molecule has 156 valence electrons. The van der Waals surface area contributed by atoms with Gasteiger partial charge in [-0.3, -0.25) is 14.5 Å². The number of anilines is 1. The second-order valence-electron chi connectivity index (χ2n) is 6.62. The third-order valence-electron chi connectivity index (χ3n) is 4.28. The molecule has 1 aliphatic rings. The van der Waals surface area contributed by atoms with Crippen LogP contribution in [0, 0.1) is 6.92 Å². The number of nitrogens with zero attached hydrogens (tertiary/aromatic N) is 2. The minimum absolute atomic E-state index is 0.0321. The number of hydrogen-bond donors (Lipinski definition) is 1. The fourth-order valence-electron chi connectivity index (χ4n) is 2.77. The Hall–Kier alpha value is -2.91. The lowest BCUT2D eigenvalue weighted by Crippen LogP contribution is -2.33. The highest BCUT2D eigenvalue weighted by Gasteiger charge is 2.39. The van der Waals surface area contributed by atoms with Crippen molar-refractivity contribution >= 4 is 44.5 Å². The van der Waals surface area contributed by atoms with Crippen molar-refractivity contribution < 1.29 is 18.0 Å². The van der Waals surface area contributed by atoms with E-state index in [0.29, 0.717) is 5.69 Å². The van der Waals surface area contributed by atoms with Gasteiger partial charge in [0.2, 0.25) is 11.8 Å². The van der Waals surface area contributed by atoms with Gasteiger partial charge in [-0.05, 0) is 31.2 Å². The van der Waals surface area contributed by atoms with E-state index in [0.717, 1.165) is 17.3 Å². The Kier molecular flexibility index (Phi) is 6.73. The Morgan fingerprint density at radius 2 is 1.87 bits per heavy atom. The minimum atomic E-state index is -3.98. The molecular formula is C21H21N3O4S2. The van der Waals surface area contributed by atoms with Crippen molar-refractivity contribution in [3.8, 4) is 0 Å². The first kappa shape index (κ1) is 21.8. The van der Waals surface area contributed by atoms with Gasteiger partial charge in [0.15, 0.2) is 5.17 Å². The smallest absolute Gasteiger partial charge is 0.284 e. The topological polar surface area (TPSA) is 95.9 Å². The average molecular weight is 444 g/mol. The number of amides is 2. The van der Waals surface area contributed by atoms with Crippen LogP contribution in [0.1, 0.15) is 12.0 Å². The number of amidine groups is 1. The predicted molar refractivity (Wildman–Crippen MR) is 119 cm³/mol. The molecule has 2 amide bonds. The third kappa shape index (κ3) is 5.17. The van der Waals surface area contributed by atoms with Gasteiger partial charge in [-0.15, -0.1) is 11.0 Å². The number of nitrogens with one attached hydrogen (secondary N) is 1. The molecule has 1 atom stereocenters. The molecule has 2 aromatic carbocycles. The molecule has 0 saturated carbocycles. The monoisotopic (exact) mass is 443 g/mol. The Bertz CT molecular complexity index is 1080. The molecule has 3 rings (SSSR count). The van der Waals surface area contributed by atoms with Crippen LogP contribution >= 0.6 is 11.8 Å². The standard InChI is InChI=1S/C21H21N3O4S2/c1-3-13-24-20(26)18(14-19(25)22-16-11-9-15(2)10-12-16)29-21(24)23-30(27,28)17-7-5-4-6-8-17/h3-12,18H,1,13-14H2,2H3,(H,22,25). The summed E-state index contributed by atoms with van der Waals surface area (Å²) in [6.45, 7) is 5.65. The van der Waals surface area contributed by atoms with Crippen molar-refractivity contribution in [3.05, 3.63) is 72.8 Å². The van der Waals surface area contributed by atoms with E-state index in [9.17, 15) is 18.0 Å². The van der Waals surface area contributed by atoms with Gasteiger partial charge >= 0.3 is 0 Å². The van der Waals surface area contributed by atoms with Crippen molar-refractivity contribution in [1.82, 2.24) is 4.90 Å². The summed E-state index contributed by atoms with van der Waals surface area (Å²) in [5, 5.41) is 2.03. The van der Waals surface area contributed by atoms with E-state index < -0.39 is 15.3 Å². The maximum atomic E-state index is 12.8. The zero-order chi connectivity index (χ0) is 21.7. The number of sulfonamides is 1. The Labute approximate surface area is 179 Å². The molecule has 1 N–H and O–H groups in total. The molecule has 1 unspecified atom stereocenters. The lowest BCUT2D eigenvalue weighted by Gasteiger charge is -2.13. The zero-order valence-electron chi connectivity index (χ0n) is 16.3. The summed E-state index contributed by atoms with van der Waals surface area (Å²) in [4.78, 5) is 26.4. The quantitative estimate of drug-likeness (QED) is 0.663. The van der Waals surface area contributed by atoms with E-state index in [-0.39, 0.29) is 34.8 Å². The van der Waals surface area contributed by atoms with Crippen molar-refractivity contribution in [2.24, 2.45) is 4.40 Å². The number of rotatable bonds is 7. The maximum Gasteiger partial charge on any atom is 0.284 e. The van der Waals surface area contributed by atoms with Gasteiger partial charge in [0, 0.05) is 18.7 Å². The lowest BCUT2D eigenvalue weighted by atomic mass is 10.2. The summed E-state index contributed by atoms with van der Waals surface area (Å²) in [6.07, 6.45) is 1.38. The Balaban J connectivity index is 1.78. The highest BCUT2D eigenvalue weighted by molar-refractivity contribution is 8.16. The SMILES string of the molecule is C=CCN1C(=O)C(CC(=O)Nc2ccc(C)cc2)SC1=NS(=O)(=O)c1ccccc1. The van der Waals surface area contributed by atoms with Crippen LogP contribution in [0.3, 0.4) is 0 Å². The molecule has 1 aliphatic heterocycles. The van der Waals surface area contributed by atoms with Gasteiger partial charge in [-0.25, -0.2) is 0 Å². The molecule has 1 heterocycles. The summed E-state index contributed by atoms with van der Waals surface area (Å²) >= 11 is 0.968. The van der Waals surface area contributed by atoms with E-state index >= 15 is 0 Å². The van der Waals surface area contributed by atoms with E-state index in [1.807, 2.05) is 19.1 Å². The number of thioether (sulfide) groups is 1. The first-order valence-electron chi connectivity index (χ1n) is 9.15. The molecule has 0 aromatic heterocycles. The summed E-state index contributed by atoms with van der Waals surface area (Å²) in [7, 11) is -3.98. The van der Waals surface area contributed by atoms with E-state index in [2.05, 4.69) is 16.3 Å². The zero-order valence-corrected chi connectivity index (χ0v) is 17.9. The molecule has 9 heteroatoms. The molecule has 2 aromatic rings. The van der Waals surface area contributed by atoms with Crippen LogP contribution in [0.2, 0.25) is 0 Å². The fraction of sp³-hybridized carbons (Fsp3) is 0.190. The van der Waals surface area contributed by atoms with Crippen LogP contribution in [0.25, 0.3) is 0 Å². The first-order valence-corrected chi connectivity index (χ1v) is 11.5. The minimum Gasteiger partial charge on any atom is -0.326 e. The van der Waals surface area contributed by atoms with E-state index in [1.165, 1.54) is 23.1 Å². The summed E-state index contributed by atoms with van der Waals surface area (Å²) in [5.41, 5.74) is 1.69. The molecule has 0 radical (unpaired) electrons. The highest BCUT2D eigenvalue weighted by atomic mass is 32.2. The molecule has 30 heavy (non-hydrogen) atoms. The second-order valence-corrected chi connectivity index (χ2v) is 9.40. The van der Waals surface area contributed by atoms with Crippen LogP contribution in [0.15, 0.2) is 76.5 Å². The maximum absolute atomic E-state index is 12.8. The van der Waals surface area contributed by atoms with Gasteiger partial charge in [-0.1, -0.05) is 53.7 Å². The largest absolute Gasteiger partial charge is 0.326 e. The average Bonchev–Trinajstić information content (AvgIpc) is 2.99. The van der Waals surface area contributed by atoms with Crippen LogP contribution in [0.4, 0.5) is 5.69 Å². The third-order valence-corrected chi connectivity index (χ3v) is 6.85. The number of carbonyl (C=O) groups is 2. The fourth-order valence-corrected chi connectivity index (χ4v) is 5.16. The second kappa shape index (κ2) is 9.27. The van der Waals surface area contributed by atoms with Crippen molar-refractivity contribution in [3.63, 3.8) is 0 Å². The molecule has 1 saturated heterocycles. The summed E-state index contributed by atoms with van der Waals surface area (Å²) < 4.78 is 29.1. The van der Waals surface area contributed by atoms with Gasteiger partial charge in [0.1, 0.15) is 5.25 Å². The van der Waals surface area contributed by atoms with Crippen molar-refractivity contribution in [1.29, 1.82) is 0 Å². The molecule has 0 aliphatic carbocycles. The lowest BCUT2D eigenvalue weighted by molar-refractivity contribution is -0.127. The molecular weight excluding hydrogens is 422 g/mol. The first-order chi connectivity index (χ1) is 14.3. The molecule has 0 spiro atoms. The van der Waals surface area contributed by atoms with E-state index in [1.54, 1.807) is 30.3 Å². The van der Waals surface area contributed by atoms with Crippen molar-refractivity contribution in [2.75, 3.05) is 11.9 Å². The van der Waals surface area contributed by atoms with E-state index in [4.69, 9.17) is 0 Å². The summed E-state index contributed by atoms with van der Waals surface area (Å²) in [5.74, 6) is -0.712. The molecule has 1 fully saturated rings. The normalized spacial score (nSPS) is 17.9. The van der Waals surface area contributed by atoms with Crippen LogP contribution in [-0.4, -0.2) is 42.1 Å². The van der Waals surface area contributed by atoms with Crippen LogP contribution < -0.4 is 5.32 Å². The Morgan fingerprint density at radius 1 is 1.20 bits per heavy atom. The number of hydrogen-bond acceptors (Lipinski definition) is 5. The Morgan fingerprint density at radius 3 is 2.50 bits per heavy atom. The van der Waals surface area contributed by atoms with Crippen LogP contribution in [0.5, 0.6) is 0 Å². The highest BCUT2D eigenvalue weighted by Crippen LogP contribution is 2.31. The predicted octanol–water partition coefficient (Wildman–Crippen LogP) is 3.20. The number of carbonyl (C=O) groups excluding carboxylic acids is 2.